The van der Waals surface area contributed by atoms with Crippen molar-refractivity contribution in [1.29, 1.82) is 0 Å². The topological polar surface area (TPSA) is 46.8 Å². The molecule has 0 spiro atoms. The highest BCUT2D eigenvalue weighted by atomic mass is 35.5. The van der Waals surface area contributed by atoms with Gasteiger partial charge in [0.15, 0.2) is 10.1 Å². The predicted octanol–water partition coefficient (Wildman–Crippen LogP) is 5.21. The van der Waals surface area contributed by atoms with Crippen LogP contribution in [0.25, 0.3) is 11.0 Å². The van der Waals surface area contributed by atoms with Crippen LogP contribution in [0.3, 0.4) is 0 Å². The van der Waals surface area contributed by atoms with Gasteiger partial charge in [-0.1, -0.05) is 36.6 Å². The first-order valence-electron chi connectivity index (χ1n) is 9.41. The van der Waals surface area contributed by atoms with Crippen LogP contribution in [0.2, 0.25) is 5.15 Å². The lowest BCUT2D eigenvalue weighted by Gasteiger charge is -2.29. The molecule has 1 saturated heterocycles. The standard InChI is InChI=1S/C21H22ClN3O2S/c1-27-16-8-6-15(7-9-16)17-5-3-2-4-12-24(17)19(26)11-10-18-20(22)23-21-25(18)13-14-28-21/h6-11,13-14,17H,2-5,12H2,1H3/b11-10+. The van der Waals surface area contributed by atoms with Gasteiger partial charge in [-0.25, -0.2) is 4.98 Å². The van der Waals surface area contributed by atoms with Crippen molar-refractivity contribution in [3.63, 3.8) is 0 Å². The number of likely N-dealkylation sites (tertiary alicyclic amines) is 1. The van der Waals surface area contributed by atoms with Crippen LogP contribution >= 0.6 is 22.9 Å². The molecule has 1 aromatic carbocycles. The molecular weight excluding hydrogens is 394 g/mol. The molecule has 146 valence electrons. The number of halogens is 1. The van der Waals surface area contributed by atoms with E-state index in [2.05, 4.69) is 17.1 Å². The van der Waals surface area contributed by atoms with Crippen molar-refractivity contribution >= 4 is 39.9 Å². The van der Waals surface area contributed by atoms with Crippen molar-refractivity contribution in [1.82, 2.24) is 14.3 Å². The normalized spacial score (nSPS) is 17.9. The molecule has 1 aliphatic rings. The van der Waals surface area contributed by atoms with Crippen LogP contribution < -0.4 is 4.74 Å². The number of methoxy groups -OCH3 is 1. The van der Waals surface area contributed by atoms with Gasteiger partial charge in [-0.05, 0) is 36.6 Å². The Hall–Kier alpha value is -2.31. The Morgan fingerprint density at radius 2 is 2.11 bits per heavy atom. The number of imidazole rings is 1. The van der Waals surface area contributed by atoms with Crippen molar-refractivity contribution in [3.8, 4) is 5.75 Å². The summed E-state index contributed by atoms with van der Waals surface area (Å²) in [5.41, 5.74) is 1.88. The molecule has 4 rings (SSSR count). The number of ether oxygens (including phenoxy) is 1. The molecule has 7 heteroatoms. The predicted molar refractivity (Wildman–Crippen MR) is 113 cm³/mol. The number of rotatable bonds is 4. The highest BCUT2D eigenvalue weighted by Crippen LogP contribution is 2.31. The van der Waals surface area contributed by atoms with Crippen molar-refractivity contribution in [2.24, 2.45) is 0 Å². The minimum Gasteiger partial charge on any atom is -0.497 e. The van der Waals surface area contributed by atoms with Crippen LogP contribution in [0, 0.1) is 0 Å². The van der Waals surface area contributed by atoms with Gasteiger partial charge in [0.1, 0.15) is 5.75 Å². The summed E-state index contributed by atoms with van der Waals surface area (Å²) in [6.45, 7) is 0.758. The van der Waals surface area contributed by atoms with Gasteiger partial charge in [-0.3, -0.25) is 9.20 Å². The van der Waals surface area contributed by atoms with E-state index in [0.29, 0.717) is 5.15 Å². The van der Waals surface area contributed by atoms with Gasteiger partial charge in [0.05, 0.1) is 18.8 Å². The zero-order chi connectivity index (χ0) is 19.5. The molecule has 1 atom stereocenters. The van der Waals surface area contributed by atoms with Crippen LogP contribution in [-0.4, -0.2) is 33.8 Å². The lowest BCUT2D eigenvalue weighted by molar-refractivity contribution is -0.128. The summed E-state index contributed by atoms with van der Waals surface area (Å²) >= 11 is 7.76. The molecule has 28 heavy (non-hydrogen) atoms. The molecule has 0 N–H and O–H groups in total. The van der Waals surface area contributed by atoms with E-state index >= 15 is 0 Å². The van der Waals surface area contributed by atoms with E-state index in [0.717, 1.165) is 54.2 Å². The van der Waals surface area contributed by atoms with E-state index in [1.165, 1.54) is 11.3 Å². The number of amides is 1. The van der Waals surface area contributed by atoms with E-state index in [1.807, 2.05) is 33.0 Å². The second-order valence-electron chi connectivity index (χ2n) is 6.85. The summed E-state index contributed by atoms with van der Waals surface area (Å²) in [5.74, 6) is 0.828. The minimum absolute atomic E-state index is 0.00367. The van der Waals surface area contributed by atoms with Gasteiger partial charge < -0.3 is 9.64 Å². The maximum absolute atomic E-state index is 13.1. The number of carbonyl (C=O) groups excluding carboxylic acids is 1. The van der Waals surface area contributed by atoms with E-state index in [9.17, 15) is 4.79 Å². The third-order valence-corrected chi connectivity index (χ3v) is 6.21. The molecule has 0 saturated carbocycles. The Balaban J connectivity index is 1.59. The lowest BCUT2D eigenvalue weighted by Crippen LogP contribution is -2.33. The summed E-state index contributed by atoms with van der Waals surface area (Å²) in [6.07, 6.45) is 9.55. The monoisotopic (exact) mass is 415 g/mol. The van der Waals surface area contributed by atoms with E-state index in [-0.39, 0.29) is 11.9 Å². The number of thiazole rings is 1. The highest BCUT2D eigenvalue weighted by molar-refractivity contribution is 7.15. The average Bonchev–Trinajstić information content (AvgIpc) is 3.17. The summed E-state index contributed by atoms with van der Waals surface area (Å²) in [4.78, 5) is 20.2. The van der Waals surface area contributed by atoms with Crippen molar-refractivity contribution in [3.05, 3.63) is 58.3 Å². The SMILES string of the molecule is COc1ccc(C2CCCCCN2C(=O)/C=C/c2c(Cl)nc3sccn23)cc1. The van der Waals surface area contributed by atoms with Gasteiger partial charge >= 0.3 is 0 Å². The fourth-order valence-corrected chi connectivity index (χ4v) is 4.72. The molecule has 0 bridgehead atoms. The van der Waals surface area contributed by atoms with Crippen LogP contribution in [0.1, 0.15) is 43.0 Å². The highest BCUT2D eigenvalue weighted by Gasteiger charge is 2.25. The van der Waals surface area contributed by atoms with Crippen molar-refractivity contribution in [2.45, 2.75) is 31.7 Å². The zero-order valence-electron chi connectivity index (χ0n) is 15.7. The maximum atomic E-state index is 13.1. The molecular formula is C21H22ClN3O2S. The largest absolute Gasteiger partial charge is 0.497 e. The molecule has 3 aromatic rings. The van der Waals surface area contributed by atoms with Gasteiger partial charge in [0.2, 0.25) is 5.91 Å². The zero-order valence-corrected chi connectivity index (χ0v) is 17.2. The number of nitrogens with zero attached hydrogens (tertiary/aromatic N) is 3. The number of hydrogen-bond acceptors (Lipinski definition) is 4. The first kappa shape index (κ1) is 19.0. The maximum Gasteiger partial charge on any atom is 0.247 e. The Bertz CT molecular complexity index is 993. The molecule has 1 fully saturated rings. The number of carbonyl (C=O) groups is 1. The quantitative estimate of drug-likeness (QED) is 0.549. The summed E-state index contributed by atoms with van der Waals surface area (Å²) in [5, 5.41) is 2.37. The van der Waals surface area contributed by atoms with Crippen LogP contribution in [0.4, 0.5) is 0 Å². The van der Waals surface area contributed by atoms with Crippen LogP contribution in [0.15, 0.2) is 41.9 Å². The fourth-order valence-electron chi connectivity index (χ4n) is 3.72. The number of hydrogen-bond donors (Lipinski definition) is 0. The molecule has 2 aromatic heterocycles. The molecule has 1 amide bonds. The second-order valence-corrected chi connectivity index (χ2v) is 8.08. The molecule has 1 aliphatic heterocycles. The fraction of sp³-hybridized carbons (Fsp3) is 0.333. The summed E-state index contributed by atoms with van der Waals surface area (Å²) < 4.78 is 7.17. The number of aromatic nitrogens is 2. The van der Waals surface area contributed by atoms with Crippen LogP contribution in [-0.2, 0) is 4.79 Å². The van der Waals surface area contributed by atoms with Gasteiger partial charge in [0, 0.05) is 24.2 Å². The number of benzene rings is 1. The smallest absolute Gasteiger partial charge is 0.247 e. The van der Waals surface area contributed by atoms with Crippen molar-refractivity contribution < 1.29 is 9.53 Å². The van der Waals surface area contributed by atoms with E-state index < -0.39 is 0 Å². The Labute approximate surface area is 173 Å². The number of fused-ring (bicyclic) bond motifs is 1. The average molecular weight is 416 g/mol. The molecule has 3 heterocycles. The molecule has 0 aliphatic carbocycles. The third kappa shape index (κ3) is 3.80. The van der Waals surface area contributed by atoms with Gasteiger partial charge in [-0.15, -0.1) is 11.3 Å². The third-order valence-electron chi connectivity index (χ3n) is 5.17. The van der Waals surface area contributed by atoms with Gasteiger partial charge in [-0.2, -0.15) is 0 Å². The Kier molecular flexibility index (Phi) is 5.69. The molecule has 0 radical (unpaired) electrons. The molecule has 1 unspecified atom stereocenters. The van der Waals surface area contributed by atoms with E-state index in [1.54, 1.807) is 19.3 Å². The van der Waals surface area contributed by atoms with Crippen LogP contribution in [0.5, 0.6) is 5.75 Å². The second kappa shape index (κ2) is 8.37. The Morgan fingerprint density at radius 3 is 2.89 bits per heavy atom. The Morgan fingerprint density at radius 1 is 1.29 bits per heavy atom. The van der Waals surface area contributed by atoms with Crippen molar-refractivity contribution in [2.75, 3.05) is 13.7 Å². The first-order valence-corrected chi connectivity index (χ1v) is 10.7. The lowest BCUT2D eigenvalue weighted by atomic mass is 10.0. The van der Waals surface area contributed by atoms with Gasteiger partial charge in [0.25, 0.3) is 0 Å². The first-order chi connectivity index (χ1) is 13.7. The van der Waals surface area contributed by atoms with E-state index in [4.69, 9.17) is 16.3 Å². The molecule has 5 nitrogen and oxygen atoms in total. The minimum atomic E-state index is 0.00367. The summed E-state index contributed by atoms with van der Waals surface area (Å²) in [7, 11) is 1.66. The summed E-state index contributed by atoms with van der Waals surface area (Å²) in [6, 6.07) is 8.10.